The summed E-state index contributed by atoms with van der Waals surface area (Å²) in [7, 11) is 0. The van der Waals surface area contributed by atoms with Crippen molar-refractivity contribution >= 4 is 28.5 Å². The molecule has 0 bridgehead atoms. The summed E-state index contributed by atoms with van der Waals surface area (Å²) >= 11 is 5.85. The van der Waals surface area contributed by atoms with Gasteiger partial charge in [0.1, 0.15) is 5.02 Å². The summed E-state index contributed by atoms with van der Waals surface area (Å²) in [6.07, 6.45) is 2.60. The van der Waals surface area contributed by atoms with Gasteiger partial charge in [-0.05, 0) is 19.8 Å². The number of fused-ring (bicyclic) bond motifs is 1. The number of hydrogen-bond acceptors (Lipinski definition) is 3. The molecular formula is C14H9ClF2NO3-. The van der Waals surface area contributed by atoms with Crippen molar-refractivity contribution in [3.05, 3.63) is 44.2 Å². The third-order valence-corrected chi connectivity index (χ3v) is 4.04. The Morgan fingerprint density at radius 1 is 1.38 bits per heavy atom. The average Bonchev–Trinajstić information content (AvgIpc) is 3.26. The Bertz CT molecular complexity index is 856. The number of aryl methyl sites for hydroxylation is 1. The van der Waals surface area contributed by atoms with Crippen LogP contribution in [0.4, 0.5) is 8.78 Å². The first kappa shape index (κ1) is 14.0. The van der Waals surface area contributed by atoms with Gasteiger partial charge in [0.25, 0.3) is 0 Å². The van der Waals surface area contributed by atoms with Crippen LogP contribution in [0.2, 0.25) is 5.02 Å². The lowest BCUT2D eigenvalue weighted by molar-refractivity contribution is -0.255. The van der Waals surface area contributed by atoms with Gasteiger partial charge >= 0.3 is 0 Å². The van der Waals surface area contributed by atoms with Gasteiger partial charge < -0.3 is 14.5 Å². The van der Waals surface area contributed by atoms with Gasteiger partial charge in [-0.2, -0.15) is 0 Å². The third-order valence-electron chi connectivity index (χ3n) is 3.69. The monoisotopic (exact) mass is 312 g/mol. The van der Waals surface area contributed by atoms with Crippen LogP contribution < -0.4 is 10.5 Å². The number of rotatable bonds is 2. The number of pyridine rings is 1. The normalized spacial score (nSPS) is 14.7. The number of carbonyl (C=O) groups excluding carboxylic acids is 1. The molecule has 1 aliphatic rings. The number of aromatic carboxylic acids is 1. The third kappa shape index (κ3) is 1.93. The maximum atomic E-state index is 13.8. The topological polar surface area (TPSA) is 62.1 Å². The molecule has 1 heterocycles. The van der Waals surface area contributed by atoms with E-state index in [1.807, 2.05) is 0 Å². The van der Waals surface area contributed by atoms with E-state index >= 15 is 0 Å². The van der Waals surface area contributed by atoms with E-state index in [-0.39, 0.29) is 22.5 Å². The number of carbonyl (C=O) groups is 1. The second-order valence-electron chi connectivity index (χ2n) is 5.09. The van der Waals surface area contributed by atoms with Crippen LogP contribution in [-0.2, 0) is 0 Å². The van der Waals surface area contributed by atoms with E-state index < -0.39 is 33.6 Å². The first-order valence-electron chi connectivity index (χ1n) is 6.27. The fourth-order valence-corrected chi connectivity index (χ4v) is 2.74. The Kier molecular flexibility index (Phi) is 3.02. The van der Waals surface area contributed by atoms with Crippen molar-refractivity contribution in [2.24, 2.45) is 0 Å². The van der Waals surface area contributed by atoms with Crippen LogP contribution in [0.25, 0.3) is 10.9 Å². The van der Waals surface area contributed by atoms with Crippen LogP contribution in [0.3, 0.4) is 0 Å². The Morgan fingerprint density at radius 2 is 2.00 bits per heavy atom. The van der Waals surface area contributed by atoms with Crippen LogP contribution in [0.1, 0.15) is 34.8 Å². The fraction of sp³-hybridized carbons (Fsp3) is 0.286. The average molecular weight is 313 g/mol. The molecule has 21 heavy (non-hydrogen) atoms. The molecule has 0 amide bonds. The standard InChI is InChI=1S/C14H10ClF2NO3/c1-5-8-12(9(15)11(17)10(5)16)18(6-2-3-6)4-7(13(8)19)14(20)21/h4,6H,2-3H2,1H3,(H,20,21)/p-1. The maximum absolute atomic E-state index is 13.8. The molecule has 0 radical (unpaired) electrons. The minimum atomic E-state index is -1.66. The Labute approximate surface area is 122 Å². The van der Waals surface area contributed by atoms with E-state index in [9.17, 15) is 23.5 Å². The highest BCUT2D eigenvalue weighted by atomic mass is 35.5. The molecule has 1 aliphatic carbocycles. The largest absolute Gasteiger partial charge is 0.545 e. The predicted molar refractivity (Wildman–Crippen MR) is 70.5 cm³/mol. The Hall–Kier alpha value is -1.95. The molecule has 3 rings (SSSR count). The molecule has 0 N–H and O–H groups in total. The molecule has 1 aromatic heterocycles. The van der Waals surface area contributed by atoms with Gasteiger partial charge in [0, 0.05) is 17.8 Å². The first-order valence-corrected chi connectivity index (χ1v) is 6.65. The van der Waals surface area contributed by atoms with Gasteiger partial charge in [-0.1, -0.05) is 11.6 Å². The van der Waals surface area contributed by atoms with Crippen molar-refractivity contribution in [3.63, 3.8) is 0 Å². The lowest BCUT2D eigenvalue weighted by Gasteiger charge is -2.16. The van der Waals surface area contributed by atoms with Crippen molar-refractivity contribution in [2.45, 2.75) is 25.8 Å². The lowest BCUT2D eigenvalue weighted by atomic mass is 10.0. The van der Waals surface area contributed by atoms with Crippen molar-refractivity contribution in [3.8, 4) is 0 Å². The van der Waals surface area contributed by atoms with Gasteiger partial charge in [-0.15, -0.1) is 0 Å². The number of aromatic nitrogens is 1. The first-order chi connectivity index (χ1) is 9.84. The van der Waals surface area contributed by atoms with Crippen LogP contribution in [0, 0.1) is 18.6 Å². The van der Waals surface area contributed by atoms with Crippen LogP contribution in [0.5, 0.6) is 0 Å². The van der Waals surface area contributed by atoms with E-state index in [1.165, 1.54) is 11.5 Å². The van der Waals surface area contributed by atoms with E-state index in [0.29, 0.717) is 0 Å². The van der Waals surface area contributed by atoms with Gasteiger partial charge in [-0.25, -0.2) is 8.78 Å². The van der Waals surface area contributed by atoms with Gasteiger partial charge in [0.2, 0.25) is 0 Å². The Morgan fingerprint density at radius 3 is 2.52 bits per heavy atom. The molecule has 1 saturated carbocycles. The van der Waals surface area contributed by atoms with E-state index in [1.54, 1.807) is 0 Å². The molecule has 1 fully saturated rings. The number of benzene rings is 1. The fourth-order valence-electron chi connectivity index (χ4n) is 2.47. The highest BCUT2D eigenvalue weighted by molar-refractivity contribution is 6.35. The lowest BCUT2D eigenvalue weighted by Crippen LogP contribution is -2.30. The highest BCUT2D eigenvalue weighted by Crippen LogP contribution is 2.40. The van der Waals surface area contributed by atoms with Crippen LogP contribution >= 0.6 is 11.6 Å². The zero-order valence-corrected chi connectivity index (χ0v) is 11.6. The number of hydrogen-bond donors (Lipinski definition) is 0. The zero-order valence-electron chi connectivity index (χ0n) is 10.9. The summed E-state index contributed by atoms with van der Waals surface area (Å²) in [5, 5.41) is 10.4. The van der Waals surface area contributed by atoms with Crippen molar-refractivity contribution in [1.82, 2.24) is 4.57 Å². The maximum Gasteiger partial charge on any atom is 0.198 e. The number of halogens is 3. The summed E-state index contributed by atoms with van der Waals surface area (Å²) in [5.74, 6) is -4.14. The second-order valence-corrected chi connectivity index (χ2v) is 5.47. The summed E-state index contributed by atoms with van der Waals surface area (Å²) in [4.78, 5) is 23.3. The molecule has 4 nitrogen and oxygen atoms in total. The summed E-state index contributed by atoms with van der Waals surface area (Å²) in [6, 6.07) is -0.0760. The van der Waals surface area contributed by atoms with E-state index in [4.69, 9.17) is 11.6 Å². The predicted octanol–water partition coefficient (Wildman–Crippen LogP) is 1.94. The minimum Gasteiger partial charge on any atom is -0.545 e. The van der Waals surface area contributed by atoms with Crippen molar-refractivity contribution < 1.29 is 18.7 Å². The minimum absolute atomic E-state index is 0.0329. The number of carboxylic acid groups (broad SMARTS) is 1. The molecule has 2 aromatic rings. The second kappa shape index (κ2) is 4.53. The molecular weight excluding hydrogens is 304 g/mol. The van der Waals surface area contributed by atoms with Crippen molar-refractivity contribution in [1.29, 1.82) is 0 Å². The number of nitrogens with zero attached hydrogens (tertiary/aromatic N) is 1. The summed E-state index contributed by atoms with van der Waals surface area (Å²) < 4.78 is 29.1. The SMILES string of the molecule is Cc1c(F)c(F)c(Cl)c2c1c(=O)c(C(=O)[O-])cn2C1CC1. The summed E-state index contributed by atoms with van der Waals surface area (Å²) in [5.41, 5.74) is -1.72. The smallest absolute Gasteiger partial charge is 0.198 e. The molecule has 7 heteroatoms. The van der Waals surface area contributed by atoms with Gasteiger partial charge in [0.05, 0.1) is 22.4 Å². The molecule has 0 unspecified atom stereocenters. The van der Waals surface area contributed by atoms with Gasteiger partial charge in [0.15, 0.2) is 17.1 Å². The molecule has 0 aliphatic heterocycles. The number of carboxylic acids is 1. The molecule has 110 valence electrons. The van der Waals surface area contributed by atoms with E-state index in [0.717, 1.165) is 19.0 Å². The van der Waals surface area contributed by atoms with Gasteiger partial charge in [-0.3, -0.25) is 4.79 Å². The van der Waals surface area contributed by atoms with E-state index in [2.05, 4.69) is 0 Å². The molecule has 1 aromatic carbocycles. The highest BCUT2D eigenvalue weighted by Gasteiger charge is 2.29. The molecule has 0 atom stereocenters. The summed E-state index contributed by atoms with van der Waals surface area (Å²) in [6.45, 7) is 1.22. The zero-order chi connectivity index (χ0) is 15.5. The molecule has 0 spiro atoms. The molecule has 0 saturated heterocycles. The van der Waals surface area contributed by atoms with Crippen LogP contribution in [0.15, 0.2) is 11.0 Å². The Balaban J connectivity index is 2.59. The van der Waals surface area contributed by atoms with Crippen molar-refractivity contribution in [2.75, 3.05) is 0 Å². The van der Waals surface area contributed by atoms with Crippen LogP contribution in [-0.4, -0.2) is 10.5 Å². The quantitative estimate of drug-likeness (QED) is 0.796.